The van der Waals surface area contributed by atoms with Crippen LogP contribution in [0.3, 0.4) is 0 Å². The number of phenolic OH excluding ortho intramolecular Hbond substituents is 1. The highest BCUT2D eigenvalue weighted by Crippen LogP contribution is 2.45. The standard InChI is InChI=1S/C17H16BrNO7/c1-24-12-7-9(13(18)15(26-3)14(12)25-2)16(21)19-10-6-8(17(22)23)4-5-11(10)20/h4-7,20H,1-3H3,(H,19,21)(H,22,23). The SMILES string of the molecule is COc1cc(C(=O)Nc2cc(C(=O)O)ccc2O)c(Br)c(OC)c1OC. The van der Waals surface area contributed by atoms with E-state index in [1.54, 1.807) is 0 Å². The molecule has 0 unspecified atom stereocenters. The van der Waals surface area contributed by atoms with Gasteiger partial charge in [-0.1, -0.05) is 0 Å². The summed E-state index contributed by atoms with van der Waals surface area (Å²) in [6.07, 6.45) is 0. The molecule has 138 valence electrons. The van der Waals surface area contributed by atoms with E-state index in [2.05, 4.69) is 21.2 Å². The molecule has 0 saturated carbocycles. The number of carboxylic acids is 1. The molecule has 0 radical (unpaired) electrons. The second-order valence-corrected chi connectivity index (χ2v) is 5.79. The summed E-state index contributed by atoms with van der Waals surface area (Å²) in [5.74, 6) is -1.26. The molecule has 0 fully saturated rings. The maximum absolute atomic E-state index is 12.7. The zero-order valence-electron chi connectivity index (χ0n) is 14.1. The minimum absolute atomic E-state index is 0.0458. The maximum Gasteiger partial charge on any atom is 0.335 e. The lowest BCUT2D eigenvalue weighted by molar-refractivity contribution is 0.0696. The van der Waals surface area contributed by atoms with E-state index in [4.69, 9.17) is 19.3 Å². The molecule has 0 atom stereocenters. The molecule has 0 spiro atoms. The second kappa shape index (κ2) is 7.96. The smallest absolute Gasteiger partial charge is 0.335 e. The fourth-order valence-electron chi connectivity index (χ4n) is 2.25. The number of amides is 1. The van der Waals surface area contributed by atoms with E-state index >= 15 is 0 Å². The van der Waals surface area contributed by atoms with Crippen LogP contribution in [0.15, 0.2) is 28.7 Å². The van der Waals surface area contributed by atoms with Gasteiger partial charge in [-0.05, 0) is 40.2 Å². The number of ether oxygens (including phenoxy) is 3. The molecule has 2 aromatic rings. The molecular formula is C17H16BrNO7. The Kier molecular flexibility index (Phi) is 5.93. The van der Waals surface area contributed by atoms with Crippen LogP contribution in [-0.4, -0.2) is 43.4 Å². The predicted molar refractivity (Wildman–Crippen MR) is 96.8 cm³/mol. The molecule has 0 aliphatic rings. The Morgan fingerprint density at radius 2 is 1.69 bits per heavy atom. The molecule has 0 bridgehead atoms. The highest BCUT2D eigenvalue weighted by Gasteiger charge is 2.23. The molecule has 0 aliphatic heterocycles. The highest BCUT2D eigenvalue weighted by atomic mass is 79.9. The number of carboxylic acid groups (broad SMARTS) is 1. The third-order valence-electron chi connectivity index (χ3n) is 3.51. The molecule has 3 N–H and O–H groups in total. The fourth-order valence-corrected chi connectivity index (χ4v) is 2.88. The number of halogens is 1. The summed E-state index contributed by atoms with van der Waals surface area (Å²) in [6.45, 7) is 0. The van der Waals surface area contributed by atoms with Crippen molar-refractivity contribution in [3.05, 3.63) is 39.9 Å². The van der Waals surface area contributed by atoms with Crippen LogP contribution < -0.4 is 19.5 Å². The van der Waals surface area contributed by atoms with Crippen molar-refractivity contribution in [3.8, 4) is 23.0 Å². The van der Waals surface area contributed by atoms with Gasteiger partial charge in [-0.2, -0.15) is 0 Å². The van der Waals surface area contributed by atoms with Gasteiger partial charge < -0.3 is 29.7 Å². The number of rotatable bonds is 6. The number of aromatic carboxylic acids is 1. The van der Waals surface area contributed by atoms with Gasteiger partial charge in [0.05, 0.1) is 42.6 Å². The van der Waals surface area contributed by atoms with E-state index in [0.717, 1.165) is 6.07 Å². The van der Waals surface area contributed by atoms with Gasteiger partial charge >= 0.3 is 5.97 Å². The zero-order valence-corrected chi connectivity index (χ0v) is 15.7. The molecule has 0 aromatic heterocycles. The van der Waals surface area contributed by atoms with Gasteiger partial charge in [0, 0.05) is 0 Å². The predicted octanol–water partition coefficient (Wildman–Crippen LogP) is 3.13. The average molecular weight is 426 g/mol. The summed E-state index contributed by atoms with van der Waals surface area (Å²) in [6, 6.07) is 4.99. The van der Waals surface area contributed by atoms with Crippen LogP contribution in [0.1, 0.15) is 20.7 Å². The Morgan fingerprint density at radius 1 is 1.04 bits per heavy atom. The van der Waals surface area contributed by atoms with Gasteiger partial charge in [0.25, 0.3) is 5.91 Å². The lowest BCUT2D eigenvalue weighted by Gasteiger charge is -2.17. The number of hydrogen-bond donors (Lipinski definition) is 3. The van der Waals surface area contributed by atoms with Crippen LogP contribution in [0.2, 0.25) is 0 Å². The first-order valence-corrected chi connectivity index (χ1v) is 7.99. The summed E-state index contributed by atoms with van der Waals surface area (Å²) >= 11 is 3.29. The molecule has 8 nitrogen and oxygen atoms in total. The first kappa shape index (κ1) is 19.4. The number of carbonyl (C=O) groups excluding carboxylic acids is 1. The molecule has 2 rings (SSSR count). The lowest BCUT2D eigenvalue weighted by atomic mass is 10.1. The molecule has 0 heterocycles. The summed E-state index contributed by atoms with van der Waals surface area (Å²) in [7, 11) is 4.25. The van der Waals surface area contributed by atoms with Crippen molar-refractivity contribution in [2.24, 2.45) is 0 Å². The van der Waals surface area contributed by atoms with Crippen molar-refractivity contribution in [3.63, 3.8) is 0 Å². The van der Waals surface area contributed by atoms with Crippen LogP contribution in [0.25, 0.3) is 0 Å². The maximum atomic E-state index is 12.7. The van der Waals surface area contributed by atoms with Crippen molar-refractivity contribution < 1.29 is 34.0 Å². The Morgan fingerprint density at radius 3 is 2.23 bits per heavy atom. The minimum Gasteiger partial charge on any atom is -0.506 e. The van der Waals surface area contributed by atoms with Crippen LogP contribution in [0, 0.1) is 0 Å². The zero-order chi connectivity index (χ0) is 19.4. The number of phenols is 1. The van der Waals surface area contributed by atoms with Gasteiger partial charge in [-0.15, -0.1) is 0 Å². The number of nitrogens with one attached hydrogen (secondary N) is 1. The fraction of sp³-hybridized carbons (Fsp3) is 0.176. The molecule has 9 heteroatoms. The quantitative estimate of drug-likeness (QED) is 0.608. The van der Waals surface area contributed by atoms with E-state index < -0.39 is 11.9 Å². The molecule has 26 heavy (non-hydrogen) atoms. The number of aromatic hydroxyl groups is 1. The summed E-state index contributed by atoms with van der Waals surface area (Å²) in [5.41, 5.74) is 0.0113. The van der Waals surface area contributed by atoms with Crippen molar-refractivity contribution in [2.45, 2.75) is 0 Å². The Hall–Kier alpha value is -2.94. The third-order valence-corrected chi connectivity index (χ3v) is 4.29. The number of anilines is 1. The first-order chi connectivity index (χ1) is 12.3. The van der Waals surface area contributed by atoms with Crippen molar-refractivity contribution in [2.75, 3.05) is 26.6 Å². The molecule has 0 aliphatic carbocycles. The van der Waals surface area contributed by atoms with Crippen molar-refractivity contribution >= 4 is 33.5 Å². The molecule has 1 amide bonds. The van der Waals surface area contributed by atoms with Crippen LogP contribution in [-0.2, 0) is 0 Å². The molecule has 2 aromatic carbocycles. The van der Waals surface area contributed by atoms with Gasteiger partial charge in [0.2, 0.25) is 5.75 Å². The average Bonchev–Trinajstić information content (AvgIpc) is 2.62. The Labute approximate surface area is 157 Å². The van der Waals surface area contributed by atoms with Crippen molar-refractivity contribution in [1.29, 1.82) is 0 Å². The van der Waals surface area contributed by atoms with E-state index in [9.17, 15) is 14.7 Å². The minimum atomic E-state index is -1.19. The monoisotopic (exact) mass is 425 g/mol. The Bertz CT molecular complexity index is 867. The molecular weight excluding hydrogens is 410 g/mol. The summed E-state index contributed by atoms with van der Waals surface area (Å²) in [4.78, 5) is 23.7. The summed E-state index contributed by atoms with van der Waals surface area (Å²) < 4.78 is 16.0. The highest BCUT2D eigenvalue weighted by molar-refractivity contribution is 9.10. The second-order valence-electron chi connectivity index (χ2n) is 5.00. The Balaban J connectivity index is 2.48. The largest absolute Gasteiger partial charge is 0.506 e. The van der Waals surface area contributed by atoms with E-state index in [1.807, 2.05) is 0 Å². The topological polar surface area (TPSA) is 114 Å². The van der Waals surface area contributed by atoms with E-state index in [0.29, 0.717) is 10.2 Å². The van der Waals surface area contributed by atoms with Gasteiger partial charge in [0.1, 0.15) is 5.75 Å². The lowest BCUT2D eigenvalue weighted by Crippen LogP contribution is -2.14. The number of hydrogen-bond acceptors (Lipinski definition) is 6. The van der Waals surface area contributed by atoms with Crippen LogP contribution in [0.4, 0.5) is 5.69 Å². The van der Waals surface area contributed by atoms with Gasteiger partial charge in [-0.25, -0.2) is 4.79 Å². The normalized spacial score (nSPS) is 10.2. The summed E-state index contributed by atoms with van der Waals surface area (Å²) in [5, 5.41) is 21.4. The van der Waals surface area contributed by atoms with E-state index in [1.165, 1.54) is 39.5 Å². The van der Waals surface area contributed by atoms with Gasteiger partial charge in [-0.3, -0.25) is 4.79 Å². The van der Waals surface area contributed by atoms with E-state index in [-0.39, 0.29) is 34.1 Å². The number of carbonyl (C=O) groups is 2. The number of methoxy groups -OCH3 is 3. The molecule has 0 saturated heterocycles. The first-order valence-electron chi connectivity index (χ1n) is 7.20. The third kappa shape index (κ3) is 3.67. The van der Waals surface area contributed by atoms with Crippen LogP contribution in [0.5, 0.6) is 23.0 Å². The van der Waals surface area contributed by atoms with Crippen molar-refractivity contribution in [1.82, 2.24) is 0 Å². The number of benzene rings is 2. The van der Waals surface area contributed by atoms with Crippen LogP contribution >= 0.6 is 15.9 Å². The van der Waals surface area contributed by atoms with Gasteiger partial charge in [0.15, 0.2) is 11.5 Å².